The van der Waals surface area contributed by atoms with Gasteiger partial charge in [0.2, 0.25) is 5.91 Å². The molecular weight excluding hydrogens is 484 g/mol. The summed E-state index contributed by atoms with van der Waals surface area (Å²) in [5, 5.41) is 24.2. The molecule has 10 heteroatoms. The predicted molar refractivity (Wildman–Crippen MR) is 135 cm³/mol. The monoisotopic (exact) mass is 514 g/mol. The Bertz CT molecular complexity index is 1290. The van der Waals surface area contributed by atoms with Crippen LogP contribution in [0, 0.1) is 11.8 Å². The van der Waals surface area contributed by atoms with Crippen LogP contribution < -0.4 is 9.62 Å². The Morgan fingerprint density at radius 3 is 2.67 bits per heavy atom. The maximum Gasteiger partial charge on any atom is 0.366 e. The Kier molecular flexibility index (Phi) is 7.60. The molecule has 3 N–H and O–H groups in total. The van der Waals surface area contributed by atoms with Crippen LogP contribution in [0.5, 0.6) is 0 Å². The number of carbonyl (C=O) groups excluding carboxylic acids is 2. The first-order valence-electron chi connectivity index (χ1n) is 11.7. The Morgan fingerprint density at radius 2 is 2.06 bits per heavy atom. The standard InChI is InChI=1S/C26H30N2O7S/c1-5-19(18(13-22(31)35-34-4)14(2)25-23(15(3)30)26(32)27-25)28-20-8-6-7-17-11-16(9-10-29)12-21(24(17)20)36(28)33/h5-8,11-15,23,25,29-30H,9-10H2,1-4H3,(H,27,32)/b18-13-,19-5-. The van der Waals surface area contributed by atoms with Gasteiger partial charge in [-0.2, -0.15) is 4.89 Å². The van der Waals surface area contributed by atoms with Gasteiger partial charge in [0, 0.05) is 30.0 Å². The number of hydrogen-bond donors (Lipinski definition) is 3. The van der Waals surface area contributed by atoms with Crippen molar-refractivity contribution < 1.29 is 33.8 Å². The van der Waals surface area contributed by atoms with Crippen molar-refractivity contribution in [2.45, 2.75) is 44.2 Å². The number of nitrogens with one attached hydrogen (secondary N) is 1. The molecule has 0 saturated carbocycles. The summed E-state index contributed by atoms with van der Waals surface area (Å²) in [6.07, 6.45) is 2.59. The van der Waals surface area contributed by atoms with Crippen LogP contribution >= 0.6 is 0 Å². The smallest absolute Gasteiger partial charge is 0.366 e. The number of allylic oxidation sites excluding steroid dienone is 2. The summed E-state index contributed by atoms with van der Waals surface area (Å²) in [6.45, 7) is 5.14. The molecule has 0 spiro atoms. The number of aliphatic hydroxyl groups is 2. The minimum absolute atomic E-state index is 0.0231. The molecule has 1 fully saturated rings. The van der Waals surface area contributed by atoms with E-state index in [9.17, 15) is 24.0 Å². The summed E-state index contributed by atoms with van der Waals surface area (Å²) in [6, 6.07) is 9.04. The normalized spacial score (nSPS) is 23.3. The Balaban J connectivity index is 1.81. The van der Waals surface area contributed by atoms with Gasteiger partial charge in [0.05, 0.1) is 35.4 Å². The van der Waals surface area contributed by atoms with Crippen LogP contribution in [-0.2, 0) is 36.8 Å². The molecule has 192 valence electrons. The van der Waals surface area contributed by atoms with Gasteiger partial charge in [-0.15, -0.1) is 0 Å². The number of amides is 1. The lowest BCUT2D eigenvalue weighted by molar-refractivity contribution is -0.249. The average molecular weight is 515 g/mol. The zero-order chi connectivity index (χ0) is 26.1. The molecule has 5 unspecified atom stereocenters. The van der Waals surface area contributed by atoms with Gasteiger partial charge in [0.1, 0.15) is 0 Å². The molecule has 2 aromatic rings. The highest BCUT2D eigenvalue weighted by Gasteiger charge is 2.47. The first-order valence-corrected chi connectivity index (χ1v) is 12.8. The molecule has 9 nitrogen and oxygen atoms in total. The van der Waals surface area contributed by atoms with Gasteiger partial charge in [0.25, 0.3) is 0 Å². The van der Waals surface area contributed by atoms with Crippen molar-refractivity contribution in [3.05, 3.63) is 59.3 Å². The van der Waals surface area contributed by atoms with E-state index < -0.39 is 40.9 Å². The van der Waals surface area contributed by atoms with E-state index in [1.165, 1.54) is 13.2 Å². The van der Waals surface area contributed by atoms with Gasteiger partial charge in [-0.1, -0.05) is 31.2 Å². The van der Waals surface area contributed by atoms with Gasteiger partial charge < -0.3 is 15.5 Å². The van der Waals surface area contributed by atoms with E-state index in [4.69, 9.17) is 4.89 Å². The number of nitrogens with zero attached hydrogens (tertiary/aromatic N) is 1. The largest absolute Gasteiger partial charge is 0.396 e. The van der Waals surface area contributed by atoms with Crippen molar-refractivity contribution in [2.75, 3.05) is 18.0 Å². The molecule has 2 heterocycles. The number of aliphatic hydroxyl groups excluding tert-OH is 2. The van der Waals surface area contributed by atoms with Crippen LogP contribution in [0.4, 0.5) is 5.69 Å². The SMILES string of the molecule is C/C=C(/C(=C\C(=O)OOC)C(C)C1NC(=O)C1C(C)O)N1c2cccc3cc(CCO)cc(c23)S1=O. The summed E-state index contributed by atoms with van der Waals surface area (Å²) in [5.74, 6) is -2.11. The van der Waals surface area contributed by atoms with E-state index in [1.54, 1.807) is 24.2 Å². The van der Waals surface area contributed by atoms with Gasteiger partial charge in [-0.25, -0.2) is 9.00 Å². The number of hydrogen-bond acceptors (Lipinski definition) is 7. The Hall–Kier alpha value is -3.05. The molecule has 5 atom stereocenters. The highest BCUT2D eigenvalue weighted by molar-refractivity contribution is 7.87. The third-order valence-corrected chi connectivity index (χ3v) is 8.15. The fourth-order valence-corrected chi connectivity index (χ4v) is 6.62. The van der Waals surface area contributed by atoms with Gasteiger partial charge in [-0.05, 0) is 48.9 Å². The molecule has 2 aliphatic heterocycles. The molecule has 0 aliphatic carbocycles. The first-order chi connectivity index (χ1) is 17.2. The Labute approximate surface area is 211 Å². The lowest BCUT2D eigenvalue weighted by Crippen LogP contribution is -2.64. The van der Waals surface area contributed by atoms with Crippen LogP contribution in [0.1, 0.15) is 26.3 Å². The number of rotatable bonds is 9. The van der Waals surface area contributed by atoms with E-state index in [0.29, 0.717) is 28.3 Å². The molecule has 0 aromatic heterocycles. The summed E-state index contributed by atoms with van der Waals surface area (Å²) < 4.78 is 15.6. The minimum atomic E-state index is -1.64. The molecular formula is C26H30N2O7S. The fourth-order valence-electron chi connectivity index (χ4n) is 5.05. The maximum absolute atomic E-state index is 13.9. The highest BCUT2D eigenvalue weighted by Crippen LogP contribution is 2.45. The molecule has 4 rings (SSSR count). The van der Waals surface area contributed by atoms with E-state index in [0.717, 1.165) is 16.3 Å². The second-order valence-electron chi connectivity index (χ2n) is 8.92. The van der Waals surface area contributed by atoms with E-state index in [1.807, 2.05) is 37.3 Å². The zero-order valence-corrected chi connectivity index (χ0v) is 21.4. The lowest BCUT2D eigenvalue weighted by Gasteiger charge is -2.43. The van der Waals surface area contributed by atoms with Crippen molar-refractivity contribution in [3.8, 4) is 0 Å². The van der Waals surface area contributed by atoms with Crippen LogP contribution in [0.2, 0.25) is 0 Å². The Morgan fingerprint density at radius 1 is 1.31 bits per heavy atom. The number of anilines is 1. The van der Waals surface area contributed by atoms with Crippen molar-refractivity contribution in [1.29, 1.82) is 0 Å². The van der Waals surface area contributed by atoms with Gasteiger partial charge in [-0.3, -0.25) is 14.0 Å². The molecule has 0 radical (unpaired) electrons. The number of benzene rings is 2. The summed E-state index contributed by atoms with van der Waals surface area (Å²) in [4.78, 5) is 34.5. The average Bonchev–Trinajstić information content (AvgIpc) is 3.10. The first kappa shape index (κ1) is 26.0. The van der Waals surface area contributed by atoms with Crippen LogP contribution in [0.15, 0.2) is 58.6 Å². The third kappa shape index (κ3) is 4.45. The summed E-state index contributed by atoms with van der Waals surface area (Å²) >= 11 is 0. The van der Waals surface area contributed by atoms with Gasteiger partial charge in [0.15, 0.2) is 11.0 Å². The van der Waals surface area contributed by atoms with E-state index >= 15 is 0 Å². The summed E-state index contributed by atoms with van der Waals surface area (Å²) in [7, 11) is -0.423. The zero-order valence-electron chi connectivity index (χ0n) is 20.6. The van der Waals surface area contributed by atoms with Crippen molar-refractivity contribution in [3.63, 3.8) is 0 Å². The number of carbonyl (C=O) groups is 2. The molecule has 36 heavy (non-hydrogen) atoms. The van der Waals surface area contributed by atoms with Gasteiger partial charge >= 0.3 is 5.97 Å². The van der Waals surface area contributed by atoms with Crippen LogP contribution in [0.3, 0.4) is 0 Å². The maximum atomic E-state index is 13.9. The molecule has 2 aromatic carbocycles. The highest BCUT2D eigenvalue weighted by atomic mass is 32.2. The van der Waals surface area contributed by atoms with Crippen molar-refractivity contribution in [1.82, 2.24) is 5.32 Å². The number of β-lactam (4-membered cyclic amide) rings is 1. The van der Waals surface area contributed by atoms with Crippen molar-refractivity contribution in [2.24, 2.45) is 11.8 Å². The quantitative estimate of drug-likeness (QED) is 0.154. The predicted octanol–water partition coefficient (Wildman–Crippen LogP) is 2.28. The van der Waals surface area contributed by atoms with Crippen molar-refractivity contribution >= 4 is 39.3 Å². The second kappa shape index (κ2) is 10.5. The van der Waals surface area contributed by atoms with Crippen LogP contribution in [-0.4, -0.2) is 52.2 Å². The lowest BCUT2D eigenvalue weighted by atomic mass is 9.75. The second-order valence-corrected chi connectivity index (χ2v) is 10.2. The fraction of sp³-hybridized carbons (Fsp3) is 0.385. The third-order valence-electron chi connectivity index (χ3n) is 6.73. The molecule has 1 amide bonds. The molecule has 1 saturated heterocycles. The molecule has 0 bridgehead atoms. The minimum Gasteiger partial charge on any atom is -0.396 e. The topological polar surface area (TPSA) is 125 Å². The van der Waals surface area contributed by atoms with E-state index in [2.05, 4.69) is 10.2 Å². The summed E-state index contributed by atoms with van der Waals surface area (Å²) in [5.41, 5.74) is 2.57. The van der Waals surface area contributed by atoms with E-state index in [-0.39, 0.29) is 12.5 Å². The van der Waals surface area contributed by atoms with Crippen LogP contribution in [0.25, 0.3) is 10.8 Å². The molecule has 2 aliphatic rings.